The van der Waals surface area contributed by atoms with E-state index in [1.807, 2.05) is 0 Å². The van der Waals surface area contributed by atoms with Gasteiger partial charge in [-0.1, -0.05) is 82.1 Å². The molecule has 0 saturated heterocycles. The van der Waals surface area contributed by atoms with Gasteiger partial charge < -0.3 is 0 Å². The summed E-state index contributed by atoms with van der Waals surface area (Å²) in [5.41, 5.74) is 2.51. The van der Waals surface area contributed by atoms with Crippen molar-refractivity contribution in [3.8, 4) is 0 Å². The van der Waals surface area contributed by atoms with Gasteiger partial charge in [0.2, 0.25) is 0 Å². The Morgan fingerprint density at radius 2 is 1.48 bits per heavy atom. The minimum atomic E-state index is 0.758. The van der Waals surface area contributed by atoms with E-state index in [9.17, 15) is 0 Å². The summed E-state index contributed by atoms with van der Waals surface area (Å²) in [5, 5.41) is 0. The SMILES string of the molecule is C/C=C/CCCCCCCCCCCC1(C(C)CC=C2CCC2)CC1. The Labute approximate surface area is 158 Å². The summed E-state index contributed by atoms with van der Waals surface area (Å²) in [4.78, 5) is 0. The maximum absolute atomic E-state index is 2.59. The lowest BCUT2D eigenvalue weighted by molar-refractivity contribution is 0.299. The first-order chi connectivity index (χ1) is 12.3. The van der Waals surface area contributed by atoms with Gasteiger partial charge in [0.15, 0.2) is 0 Å². The van der Waals surface area contributed by atoms with Gasteiger partial charge in [0, 0.05) is 0 Å². The fourth-order valence-electron chi connectivity index (χ4n) is 4.47. The molecule has 2 aliphatic rings. The van der Waals surface area contributed by atoms with Crippen molar-refractivity contribution >= 4 is 0 Å². The zero-order valence-corrected chi connectivity index (χ0v) is 17.3. The predicted molar refractivity (Wildman–Crippen MR) is 113 cm³/mol. The Kier molecular flexibility index (Phi) is 9.96. The summed E-state index contributed by atoms with van der Waals surface area (Å²) >= 11 is 0. The van der Waals surface area contributed by atoms with Gasteiger partial charge in [0.25, 0.3) is 0 Å². The molecule has 0 heterocycles. The minimum Gasteiger partial charge on any atom is -0.0917 e. The monoisotopic (exact) mass is 344 g/mol. The molecule has 2 rings (SSSR count). The topological polar surface area (TPSA) is 0 Å². The molecule has 2 fully saturated rings. The molecule has 0 aromatic heterocycles. The predicted octanol–water partition coefficient (Wildman–Crippen LogP) is 8.77. The van der Waals surface area contributed by atoms with Crippen LogP contribution in [-0.4, -0.2) is 0 Å². The van der Waals surface area contributed by atoms with E-state index in [2.05, 4.69) is 32.1 Å². The van der Waals surface area contributed by atoms with Crippen molar-refractivity contribution in [1.29, 1.82) is 0 Å². The third-order valence-corrected chi connectivity index (χ3v) is 6.97. The molecule has 0 aromatic carbocycles. The summed E-state index contributed by atoms with van der Waals surface area (Å²) in [6.45, 7) is 4.65. The molecule has 1 unspecified atom stereocenters. The molecule has 0 nitrogen and oxygen atoms in total. The van der Waals surface area contributed by atoms with E-state index in [-0.39, 0.29) is 0 Å². The largest absolute Gasteiger partial charge is 0.0917 e. The van der Waals surface area contributed by atoms with Crippen LogP contribution < -0.4 is 0 Å². The molecule has 0 aromatic rings. The second kappa shape index (κ2) is 12.0. The van der Waals surface area contributed by atoms with E-state index in [1.54, 1.807) is 5.57 Å². The zero-order chi connectivity index (χ0) is 17.8. The van der Waals surface area contributed by atoms with Crippen LogP contribution >= 0.6 is 0 Å². The van der Waals surface area contributed by atoms with Gasteiger partial charge in [-0.15, -0.1) is 0 Å². The van der Waals surface area contributed by atoms with Crippen molar-refractivity contribution in [2.75, 3.05) is 0 Å². The van der Waals surface area contributed by atoms with Gasteiger partial charge in [0.05, 0.1) is 0 Å². The smallest absolute Gasteiger partial charge is 0.0268 e. The van der Waals surface area contributed by atoms with Crippen molar-refractivity contribution in [2.45, 2.75) is 123 Å². The highest BCUT2D eigenvalue weighted by atomic mass is 14.5. The zero-order valence-electron chi connectivity index (χ0n) is 17.3. The second-order valence-corrected chi connectivity index (χ2v) is 9.00. The van der Waals surface area contributed by atoms with Crippen molar-refractivity contribution in [2.24, 2.45) is 11.3 Å². The average Bonchev–Trinajstić information content (AvgIpc) is 3.35. The lowest BCUT2D eigenvalue weighted by Gasteiger charge is -2.24. The molecule has 0 bridgehead atoms. The number of rotatable bonds is 15. The van der Waals surface area contributed by atoms with Gasteiger partial charge in [-0.05, 0) is 76.0 Å². The van der Waals surface area contributed by atoms with Gasteiger partial charge in [-0.25, -0.2) is 0 Å². The van der Waals surface area contributed by atoms with E-state index in [0.717, 1.165) is 11.3 Å². The van der Waals surface area contributed by atoms with Crippen LogP contribution in [0.1, 0.15) is 123 Å². The molecule has 0 N–H and O–H groups in total. The third kappa shape index (κ3) is 8.14. The standard InChI is InChI=1S/C25H44/c1-3-4-5-6-7-8-9-10-11-12-13-14-20-25(21-22-25)23(2)18-19-24-16-15-17-24/h3-4,19,23H,5-18,20-22H2,1-2H3/b4-3+. The number of hydrogen-bond acceptors (Lipinski definition) is 0. The molecule has 0 radical (unpaired) electrons. The normalized spacial score (nSPS) is 19.8. The highest BCUT2D eigenvalue weighted by Crippen LogP contribution is 2.57. The summed E-state index contributed by atoms with van der Waals surface area (Å²) in [5.74, 6) is 0.933. The van der Waals surface area contributed by atoms with Gasteiger partial charge in [-0.3, -0.25) is 0 Å². The first kappa shape index (κ1) is 20.8. The number of allylic oxidation sites excluding steroid dienone is 4. The molecule has 2 aliphatic carbocycles. The van der Waals surface area contributed by atoms with E-state index >= 15 is 0 Å². The Bertz CT molecular complexity index is 390. The molecule has 1 atom stereocenters. The van der Waals surface area contributed by atoms with E-state index < -0.39 is 0 Å². The summed E-state index contributed by atoms with van der Waals surface area (Å²) < 4.78 is 0. The van der Waals surface area contributed by atoms with E-state index in [4.69, 9.17) is 0 Å². The number of hydrogen-bond donors (Lipinski definition) is 0. The van der Waals surface area contributed by atoms with Crippen LogP contribution in [-0.2, 0) is 0 Å². The Hall–Kier alpha value is -0.520. The molecule has 25 heavy (non-hydrogen) atoms. The first-order valence-corrected chi connectivity index (χ1v) is 11.6. The van der Waals surface area contributed by atoms with Crippen LogP contribution in [0.2, 0.25) is 0 Å². The summed E-state index contributed by atoms with van der Waals surface area (Å²) in [6.07, 6.45) is 31.7. The van der Waals surface area contributed by atoms with Crippen LogP contribution in [0.5, 0.6) is 0 Å². The summed E-state index contributed by atoms with van der Waals surface area (Å²) in [7, 11) is 0. The second-order valence-electron chi connectivity index (χ2n) is 9.00. The van der Waals surface area contributed by atoms with Crippen molar-refractivity contribution in [3.63, 3.8) is 0 Å². The highest BCUT2D eigenvalue weighted by Gasteiger charge is 2.45. The minimum absolute atomic E-state index is 0.758. The van der Waals surface area contributed by atoms with Crippen LogP contribution in [0.25, 0.3) is 0 Å². The quantitative estimate of drug-likeness (QED) is 0.206. The summed E-state index contributed by atoms with van der Waals surface area (Å²) in [6, 6.07) is 0. The van der Waals surface area contributed by atoms with Crippen molar-refractivity contribution in [1.82, 2.24) is 0 Å². The molecule has 0 aliphatic heterocycles. The number of unbranched alkanes of at least 4 members (excludes halogenated alkanes) is 9. The van der Waals surface area contributed by atoms with Gasteiger partial charge in [-0.2, -0.15) is 0 Å². The Morgan fingerprint density at radius 1 is 0.880 bits per heavy atom. The maximum atomic E-state index is 2.59. The van der Waals surface area contributed by atoms with Crippen molar-refractivity contribution < 1.29 is 0 Å². The van der Waals surface area contributed by atoms with Crippen LogP contribution in [0, 0.1) is 11.3 Å². The lowest BCUT2D eigenvalue weighted by Crippen LogP contribution is -2.13. The van der Waals surface area contributed by atoms with Crippen LogP contribution in [0.3, 0.4) is 0 Å². The van der Waals surface area contributed by atoms with Crippen molar-refractivity contribution in [3.05, 3.63) is 23.8 Å². The first-order valence-electron chi connectivity index (χ1n) is 11.6. The third-order valence-electron chi connectivity index (χ3n) is 6.97. The van der Waals surface area contributed by atoms with Crippen LogP contribution in [0.4, 0.5) is 0 Å². The maximum Gasteiger partial charge on any atom is -0.0268 e. The Balaban J connectivity index is 1.40. The molecule has 0 amide bonds. The molecular weight excluding hydrogens is 300 g/mol. The lowest BCUT2D eigenvalue weighted by atomic mass is 9.81. The highest BCUT2D eigenvalue weighted by molar-refractivity contribution is 5.11. The molecule has 0 heteroatoms. The fourth-order valence-corrected chi connectivity index (χ4v) is 4.47. The molecular formula is C25H44. The van der Waals surface area contributed by atoms with E-state index in [0.29, 0.717) is 0 Å². The average molecular weight is 345 g/mol. The van der Waals surface area contributed by atoms with E-state index in [1.165, 1.54) is 109 Å². The van der Waals surface area contributed by atoms with Gasteiger partial charge >= 0.3 is 0 Å². The fraction of sp³-hybridized carbons (Fsp3) is 0.840. The van der Waals surface area contributed by atoms with Crippen LogP contribution in [0.15, 0.2) is 23.8 Å². The molecule has 0 spiro atoms. The Morgan fingerprint density at radius 3 is 2.00 bits per heavy atom. The molecule has 2 saturated carbocycles. The van der Waals surface area contributed by atoms with Gasteiger partial charge in [0.1, 0.15) is 0 Å². The molecule has 144 valence electrons.